The van der Waals surface area contributed by atoms with E-state index in [0.717, 1.165) is 16.7 Å². The molecule has 2 aromatic rings. The van der Waals surface area contributed by atoms with E-state index in [1.165, 1.54) is 31.0 Å². The van der Waals surface area contributed by atoms with Gasteiger partial charge in [-0.1, -0.05) is 18.2 Å². The quantitative estimate of drug-likeness (QED) is 0.878. The summed E-state index contributed by atoms with van der Waals surface area (Å²) in [7, 11) is 0. The minimum Gasteiger partial charge on any atom is -0.310 e. The highest BCUT2D eigenvalue weighted by atomic mass is 19.1. The Morgan fingerprint density at radius 2 is 1.63 bits per heavy atom. The molecule has 3 rings (SSSR count). The van der Waals surface area contributed by atoms with Crippen molar-refractivity contribution in [2.24, 2.45) is 0 Å². The molecule has 0 aliphatic heterocycles. The molecular formula is C16H15F2N. The molecule has 0 saturated heterocycles. The van der Waals surface area contributed by atoms with Crippen LogP contribution in [0.25, 0.3) is 11.1 Å². The number of benzene rings is 2. The first kappa shape index (κ1) is 12.3. The van der Waals surface area contributed by atoms with Gasteiger partial charge in [-0.3, -0.25) is 0 Å². The van der Waals surface area contributed by atoms with Gasteiger partial charge in [0.1, 0.15) is 11.6 Å². The first-order chi connectivity index (χ1) is 9.22. The molecule has 3 heteroatoms. The van der Waals surface area contributed by atoms with Crippen molar-refractivity contribution in [1.29, 1.82) is 0 Å². The van der Waals surface area contributed by atoms with Gasteiger partial charge in [-0.05, 0) is 53.8 Å². The summed E-state index contributed by atoms with van der Waals surface area (Å²) in [5.41, 5.74) is 2.78. The largest absolute Gasteiger partial charge is 0.310 e. The number of hydrogen-bond donors (Lipinski definition) is 1. The van der Waals surface area contributed by atoms with Crippen LogP contribution in [0.5, 0.6) is 0 Å². The van der Waals surface area contributed by atoms with Gasteiger partial charge < -0.3 is 5.32 Å². The van der Waals surface area contributed by atoms with E-state index in [2.05, 4.69) is 5.32 Å². The topological polar surface area (TPSA) is 12.0 Å². The molecule has 0 heterocycles. The second-order valence-corrected chi connectivity index (χ2v) is 4.96. The molecule has 98 valence electrons. The predicted octanol–water partition coefficient (Wildman–Crippen LogP) is 3.88. The fourth-order valence-electron chi connectivity index (χ4n) is 2.16. The van der Waals surface area contributed by atoms with Crippen molar-refractivity contribution in [2.45, 2.75) is 25.4 Å². The van der Waals surface area contributed by atoms with Gasteiger partial charge >= 0.3 is 0 Å². The second kappa shape index (κ2) is 5.10. The monoisotopic (exact) mass is 259 g/mol. The van der Waals surface area contributed by atoms with Crippen LogP contribution < -0.4 is 5.32 Å². The summed E-state index contributed by atoms with van der Waals surface area (Å²) in [5.74, 6) is -0.498. The summed E-state index contributed by atoms with van der Waals surface area (Å²) >= 11 is 0. The lowest BCUT2D eigenvalue weighted by atomic mass is 9.99. The summed E-state index contributed by atoms with van der Waals surface area (Å²) in [4.78, 5) is 0. The molecule has 2 aromatic carbocycles. The number of nitrogens with one attached hydrogen (secondary N) is 1. The molecule has 0 unspecified atom stereocenters. The van der Waals surface area contributed by atoms with Gasteiger partial charge in [-0.2, -0.15) is 0 Å². The van der Waals surface area contributed by atoms with Crippen LogP contribution in [0, 0.1) is 11.6 Å². The molecular weight excluding hydrogens is 244 g/mol. The first-order valence-corrected chi connectivity index (χ1v) is 6.50. The lowest BCUT2D eigenvalue weighted by Crippen LogP contribution is -2.16. The maximum Gasteiger partial charge on any atom is 0.123 e. The molecule has 0 bridgehead atoms. The highest BCUT2D eigenvalue weighted by Crippen LogP contribution is 2.26. The molecule has 0 amide bonds. The first-order valence-electron chi connectivity index (χ1n) is 6.50. The van der Waals surface area contributed by atoms with Crippen molar-refractivity contribution in [1.82, 2.24) is 5.32 Å². The van der Waals surface area contributed by atoms with E-state index in [0.29, 0.717) is 12.6 Å². The average Bonchev–Trinajstić information content (AvgIpc) is 3.22. The van der Waals surface area contributed by atoms with Crippen LogP contribution in [0.4, 0.5) is 8.78 Å². The normalized spacial score (nSPS) is 14.6. The van der Waals surface area contributed by atoms with Crippen molar-refractivity contribution in [3.8, 4) is 11.1 Å². The zero-order chi connectivity index (χ0) is 13.2. The molecule has 1 N–H and O–H groups in total. The van der Waals surface area contributed by atoms with Crippen molar-refractivity contribution in [3.63, 3.8) is 0 Å². The third-order valence-electron chi connectivity index (χ3n) is 3.38. The summed E-state index contributed by atoms with van der Waals surface area (Å²) < 4.78 is 26.3. The molecule has 1 nitrogen and oxygen atoms in total. The Morgan fingerprint density at radius 1 is 0.947 bits per heavy atom. The van der Waals surface area contributed by atoms with Crippen molar-refractivity contribution in [2.75, 3.05) is 0 Å². The Labute approximate surface area is 111 Å². The van der Waals surface area contributed by atoms with Crippen LogP contribution in [0.1, 0.15) is 18.4 Å². The lowest BCUT2D eigenvalue weighted by Gasteiger charge is -2.11. The van der Waals surface area contributed by atoms with Crippen LogP contribution in [-0.2, 0) is 6.54 Å². The van der Waals surface area contributed by atoms with E-state index < -0.39 is 0 Å². The predicted molar refractivity (Wildman–Crippen MR) is 71.7 cm³/mol. The Kier molecular flexibility index (Phi) is 3.30. The van der Waals surface area contributed by atoms with Crippen LogP contribution in [0.15, 0.2) is 42.5 Å². The number of rotatable bonds is 4. The van der Waals surface area contributed by atoms with E-state index in [-0.39, 0.29) is 11.6 Å². The maximum atomic E-state index is 13.4. The molecule has 0 radical (unpaired) electrons. The standard InChI is InChI=1S/C16H15F2N/c17-13-3-1-11(2-4-13)16-8-5-14(18)9-12(16)10-19-15-6-7-15/h1-5,8-9,15,19H,6-7,10H2. The van der Waals surface area contributed by atoms with E-state index in [9.17, 15) is 8.78 Å². The number of halogens is 2. The van der Waals surface area contributed by atoms with Gasteiger partial charge in [-0.25, -0.2) is 8.78 Å². The summed E-state index contributed by atoms with van der Waals surface area (Å²) in [6.07, 6.45) is 2.39. The van der Waals surface area contributed by atoms with Crippen molar-refractivity contribution >= 4 is 0 Å². The Hall–Kier alpha value is -1.74. The smallest absolute Gasteiger partial charge is 0.123 e. The molecule has 0 atom stereocenters. The van der Waals surface area contributed by atoms with Crippen LogP contribution >= 0.6 is 0 Å². The molecule has 19 heavy (non-hydrogen) atoms. The third-order valence-corrected chi connectivity index (χ3v) is 3.38. The molecule has 0 spiro atoms. The number of hydrogen-bond acceptors (Lipinski definition) is 1. The molecule has 1 fully saturated rings. The Balaban J connectivity index is 1.91. The maximum absolute atomic E-state index is 13.4. The van der Waals surface area contributed by atoms with Gasteiger partial charge in [-0.15, -0.1) is 0 Å². The SMILES string of the molecule is Fc1ccc(-c2ccc(F)cc2CNC2CC2)cc1. The van der Waals surface area contributed by atoms with Gasteiger partial charge in [0.25, 0.3) is 0 Å². The summed E-state index contributed by atoms with van der Waals surface area (Å²) in [5, 5.41) is 3.38. The highest BCUT2D eigenvalue weighted by Gasteiger charge is 2.20. The van der Waals surface area contributed by atoms with E-state index >= 15 is 0 Å². The molecule has 1 saturated carbocycles. The van der Waals surface area contributed by atoms with Crippen LogP contribution in [-0.4, -0.2) is 6.04 Å². The lowest BCUT2D eigenvalue weighted by molar-refractivity contribution is 0.620. The zero-order valence-corrected chi connectivity index (χ0v) is 10.5. The minimum absolute atomic E-state index is 0.238. The average molecular weight is 259 g/mol. The summed E-state index contributed by atoms with van der Waals surface area (Å²) in [6, 6.07) is 11.6. The Morgan fingerprint density at radius 3 is 2.32 bits per heavy atom. The fraction of sp³-hybridized carbons (Fsp3) is 0.250. The highest BCUT2D eigenvalue weighted by molar-refractivity contribution is 5.67. The van der Waals surface area contributed by atoms with E-state index in [4.69, 9.17) is 0 Å². The van der Waals surface area contributed by atoms with Crippen LogP contribution in [0.2, 0.25) is 0 Å². The molecule has 0 aromatic heterocycles. The van der Waals surface area contributed by atoms with Gasteiger partial charge in [0.15, 0.2) is 0 Å². The van der Waals surface area contributed by atoms with E-state index in [1.54, 1.807) is 24.3 Å². The molecule has 1 aliphatic carbocycles. The van der Waals surface area contributed by atoms with Gasteiger partial charge in [0, 0.05) is 12.6 Å². The van der Waals surface area contributed by atoms with Crippen molar-refractivity contribution < 1.29 is 8.78 Å². The molecule has 1 aliphatic rings. The fourth-order valence-corrected chi connectivity index (χ4v) is 2.16. The zero-order valence-electron chi connectivity index (χ0n) is 10.5. The second-order valence-electron chi connectivity index (χ2n) is 4.96. The van der Waals surface area contributed by atoms with E-state index in [1.807, 2.05) is 0 Å². The Bertz CT molecular complexity index is 574. The van der Waals surface area contributed by atoms with Crippen LogP contribution in [0.3, 0.4) is 0 Å². The van der Waals surface area contributed by atoms with Gasteiger partial charge in [0.05, 0.1) is 0 Å². The summed E-state index contributed by atoms with van der Waals surface area (Å²) in [6.45, 7) is 0.648. The third kappa shape index (κ3) is 2.99. The van der Waals surface area contributed by atoms with Gasteiger partial charge in [0.2, 0.25) is 0 Å². The minimum atomic E-state index is -0.261. The van der Waals surface area contributed by atoms with Crippen molar-refractivity contribution in [3.05, 3.63) is 59.7 Å².